The van der Waals surface area contributed by atoms with Crippen LogP contribution in [-0.2, 0) is 47.6 Å². The number of ether oxygens (including phenoxy) is 6. The standard InChI is InChI=1S/C47H51NO14.C10H13N5O4/c1-25-31(60-43(56)36(52)35(28-16-10-7-11-17-28)48-41(54)29-18-12-8-13-19-29)23-47(57)40(61-42(55)30-20-14-9-15-21-30)38-45(6,32(51)22-33-46(38,24-58-33)62-27(3)50)39(53)37(59-26(2)49)34(25)44(47,4)5;1-5-3-15(10(18)12-9(5)17)8-2-6(13-14-11)7(4-16)19-8/h7-21,31-33,35-38,40,51-52,57H,22-24H2,1-6H3,(H,48,54);3,6-8,16H,2,4H2,1H3,(H,12,17,18)/t31-,32-,33+,35-,36+,37+,38-,40-,45+,46-,47+;6-,7+,8+/m00/s1. The maximum atomic E-state index is 15.5. The Kier molecular flexibility index (Phi) is 17.1. The van der Waals surface area contributed by atoms with Crippen LogP contribution < -0.4 is 16.6 Å². The molecule has 4 aromatic rings. The molecular weight excluding hydrogens is 1060 g/mol. The van der Waals surface area contributed by atoms with Crippen LogP contribution in [0.1, 0.15) is 105 Å². The second-order valence-electron chi connectivity index (χ2n) is 21.7. The highest BCUT2D eigenvalue weighted by Gasteiger charge is 2.78. The van der Waals surface area contributed by atoms with Gasteiger partial charge in [0.05, 0.1) is 54.4 Å². The topological polar surface area (TPSA) is 354 Å². The highest BCUT2D eigenvalue weighted by molar-refractivity contribution is 5.96. The molecule has 24 heteroatoms. The molecule has 0 spiro atoms. The zero-order valence-electron chi connectivity index (χ0n) is 45.4. The number of Topliss-reactive ketones (excluding diaryl/α,β-unsaturated/α-hetero) is 1. The zero-order chi connectivity index (χ0) is 58.9. The Bertz CT molecular complexity index is 3270. The number of nitrogens with zero attached hydrogens (tertiary/aromatic N) is 4. The number of ketones is 1. The summed E-state index contributed by atoms with van der Waals surface area (Å²) >= 11 is 0. The van der Waals surface area contributed by atoms with Gasteiger partial charge in [0.15, 0.2) is 23.6 Å². The number of aromatic nitrogens is 2. The van der Waals surface area contributed by atoms with Gasteiger partial charge in [0.2, 0.25) is 0 Å². The molecule has 81 heavy (non-hydrogen) atoms. The molecule has 5 aliphatic rings. The van der Waals surface area contributed by atoms with Crippen molar-refractivity contribution in [1.82, 2.24) is 14.9 Å². The van der Waals surface area contributed by atoms with Gasteiger partial charge >= 0.3 is 29.6 Å². The summed E-state index contributed by atoms with van der Waals surface area (Å²) in [4.78, 5) is 111. The van der Waals surface area contributed by atoms with Crippen LogP contribution in [0.5, 0.6) is 0 Å². The van der Waals surface area contributed by atoms with Gasteiger partial charge in [0.1, 0.15) is 30.1 Å². The van der Waals surface area contributed by atoms with Crippen LogP contribution in [0.2, 0.25) is 0 Å². The van der Waals surface area contributed by atoms with Crippen molar-refractivity contribution in [2.24, 2.45) is 21.9 Å². The quantitative estimate of drug-likeness (QED) is 0.0278. The Labute approximate surface area is 463 Å². The zero-order valence-corrected chi connectivity index (χ0v) is 45.4. The van der Waals surface area contributed by atoms with Gasteiger partial charge in [-0.2, -0.15) is 0 Å². The number of hydrogen-bond acceptors (Lipinski definition) is 19. The second kappa shape index (κ2) is 23.3. The molecule has 1 aromatic heterocycles. The van der Waals surface area contributed by atoms with Gasteiger partial charge in [-0.05, 0) is 67.3 Å². The van der Waals surface area contributed by atoms with E-state index in [9.17, 15) is 48.9 Å². The van der Waals surface area contributed by atoms with E-state index < -0.39 is 142 Å². The number of hydrogen-bond donors (Lipinski definition) is 6. The SMILES string of the molecule is CC(=O)O[C@H]1C(=O)[C@@]2(C)[C@H]([C@H](OC(=O)c3ccccc3)[C@]3(O)C[C@H](OC(=O)[C@H](O)[C@@H](NC(=O)c4ccccc4)c4ccccc4)C(C)=C1C3(C)C)[C@]1(OC(C)=O)CO[C@@H]1C[C@@H]2O.Cc1cn([C@H]2C[C@H](N=[N+]=[N-])[C@@H](CO)O2)c(=O)[nH]c1=O. The molecule has 24 nitrogen and oxygen atoms in total. The van der Waals surface area contributed by atoms with Gasteiger partial charge in [-0.25, -0.2) is 14.4 Å². The van der Waals surface area contributed by atoms with Crippen molar-refractivity contribution in [3.63, 3.8) is 0 Å². The third kappa shape index (κ3) is 10.9. The maximum absolute atomic E-state index is 15.5. The molecule has 3 heterocycles. The van der Waals surface area contributed by atoms with Gasteiger partial charge in [0, 0.05) is 60.8 Å². The number of benzene rings is 3. The summed E-state index contributed by atoms with van der Waals surface area (Å²) in [6.45, 7) is 9.23. The molecule has 2 saturated heterocycles. The maximum Gasteiger partial charge on any atom is 0.338 e. The van der Waals surface area contributed by atoms with Crippen LogP contribution in [0.3, 0.4) is 0 Å². The lowest BCUT2D eigenvalue weighted by molar-refractivity contribution is -0.346. The summed E-state index contributed by atoms with van der Waals surface area (Å²) in [6.07, 6.45) is -10.2. The fraction of sp³-hybridized carbons (Fsp3) is 0.474. The summed E-state index contributed by atoms with van der Waals surface area (Å²) in [5.74, 6) is -6.84. The van der Waals surface area contributed by atoms with E-state index in [1.54, 1.807) is 99.6 Å². The van der Waals surface area contributed by atoms with Crippen LogP contribution in [-0.4, -0.2) is 139 Å². The number of fused-ring (bicyclic) bond motifs is 5. The Balaban J connectivity index is 0.000000381. The molecule has 6 N–H and O–H groups in total. The summed E-state index contributed by atoms with van der Waals surface area (Å²) in [7, 11) is 0. The number of nitrogens with one attached hydrogen (secondary N) is 2. The average molecular weight is 1120 g/mol. The van der Waals surface area contributed by atoms with Crippen molar-refractivity contribution in [2.75, 3.05) is 13.2 Å². The minimum absolute atomic E-state index is 0.00289. The van der Waals surface area contributed by atoms with E-state index in [4.69, 9.17) is 39.1 Å². The fourth-order valence-electron chi connectivity index (χ4n) is 12.2. The summed E-state index contributed by atoms with van der Waals surface area (Å²) < 4.78 is 37.0. The molecule has 3 aliphatic carbocycles. The first-order valence-electron chi connectivity index (χ1n) is 26.2. The molecule has 2 aliphatic heterocycles. The van der Waals surface area contributed by atoms with Crippen LogP contribution in [0.4, 0.5) is 0 Å². The van der Waals surface area contributed by atoms with Crippen molar-refractivity contribution in [1.29, 1.82) is 0 Å². The third-order valence-electron chi connectivity index (χ3n) is 16.5. The van der Waals surface area contributed by atoms with Gasteiger partial charge in [-0.3, -0.25) is 33.5 Å². The number of azide groups is 1. The van der Waals surface area contributed by atoms with Crippen LogP contribution in [0.15, 0.2) is 123 Å². The monoisotopic (exact) mass is 1120 g/mol. The highest BCUT2D eigenvalue weighted by Crippen LogP contribution is 2.64. The number of aryl methyl sites for hydroxylation is 1. The second-order valence-corrected chi connectivity index (χ2v) is 21.7. The van der Waals surface area contributed by atoms with E-state index in [0.717, 1.165) is 13.8 Å². The lowest BCUT2D eigenvalue weighted by Gasteiger charge is -2.67. The number of H-pyrrole nitrogens is 1. The highest BCUT2D eigenvalue weighted by atomic mass is 16.6. The largest absolute Gasteiger partial charge is 0.456 e. The Morgan fingerprint density at radius 2 is 1.51 bits per heavy atom. The Morgan fingerprint density at radius 1 is 0.889 bits per heavy atom. The smallest absolute Gasteiger partial charge is 0.338 e. The van der Waals surface area contributed by atoms with Crippen molar-refractivity contribution in [3.05, 3.63) is 162 Å². The number of aliphatic hydroxyl groups excluding tert-OH is 3. The van der Waals surface area contributed by atoms with Crippen molar-refractivity contribution >= 4 is 35.6 Å². The van der Waals surface area contributed by atoms with Gasteiger partial charge in [0.25, 0.3) is 11.5 Å². The summed E-state index contributed by atoms with van der Waals surface area (Å²) in [5, 5.41) is 52.9. The molecule has 2 bridgehead atoms. The number of amides is 1. The minimum atomic E-state index is -2.39. The number of aliphatic hydroxyl groups is 4. The van der Waals surface area contributed by atoms with Gasteiger partial charge in [-0.15, -0.1) is 0 Å². The first-order valence-corrected chi connectivity index (χ1v) is 26.2. The number of aromatic amines is 1. The third-order valence-corrected chi connectivity index (χ3v) is 16.5. The molecular formula is C57H64N6O18. The minimum Gasteiger partial charge on any atom is -0.456 e. The average Bonchev–Trinajstić information content (AvgIpc) is 1.17. The molecule has 2 saturated carbocycles. The van der Waals surface area contributed by atoms with E-state index in [1.165, 1.54) is 36.7 Å². The van der Waals surface area contributed by atoms with E-state index in [1.807, 2.05) is 0 Å². The number of carbonyl (C=O) groups is 6. The molecule has 0 radical (unpaired) electrons. The predicted octanol–water partition coefficient (Wildman–Crippen LogP) is 3.54. The predicted molar refractivity (Wildman–Crippen MR) is 282 cm³/mol. The lowest BCUT2D eigenvalue weighted by atomic mass is 9.44. The molecule has 3 aromatic carbocycles. The van der Waals surface area contributed by atoms with Crippen molar-refractivity contribution in [3.8, 4) is 0 Å². The molecule has 4 fully saturated rings. The normalized spacial score (nSPS) is 30.5. The van der Waals surface area contributed by atoms with E-state index in [2.05, 4.69) is 20.3 Å². The van der Waals surface area contributed by atoms with Gasteiger partial charge < -0.3 is 54.2 Å². The number of esters is 4. The molecule has 0 unspecified atom stereocenters. The van der Waals surface area contributed by atoms with Crippen LogP contribution in [0, 0.1) is 23.7 Å². The van der Waals surface area contributed by atoms with Crippen molar-refractivity contribution < 1.29 is 77.6 Å². The summed E-state index contributed by atoms with van der Waals surface area (Å²) in [5.41, 5.74) is 0.737. The van der Waals surface area contributed by atoms with Crippen LogP contribution in [0.25, 0.3) is 10.4 Å². The Morgan fingerprint density at radius 3 is 2.07 bits per heavy atom. The molecule has 9 rings (SSSR count). The van der Waals surface area contributed by atoms with Gasteiger partial charge in [-0.1, -0.05) is 85.7 Å². The summed E-state index contributed by atoms with van der Waals surface area (Å²) in [6, 6.07) is 22.4. The van der Waals surface area contributed by atoms with E-state index >= 15 is 4.79 Å². The molecule has 430 valence electrons. The lowest BCUT2D eigenvalue weighted by Crippen LogP contribution is -2.82. The fourth-order valence-corrected chi connectivity index (χ4v) is 12.2. The Hall–Kier alpha value is -7.83. The van der Waals surface area contributed by atoms with Crippen LogP contribution >= 0.6 is 0 Å². The number of rotatable bonds is 13. The number of carbonyl (C=O) groups excluding carboxylic acids is 6. The van der Waals surface area contributed by atoms with E-state index in [-0.39, 0.29) is 48.3 Å². The first-order chi connectivity index (χ1) is 38.3. The van der Waals surface area contributed by atoms with Crippen molar-refractivity contribution in [2.45, 2.75) is 140 Å². The first kappa shape index (κ1) is 59.3. The molecule has 14 atom stereocenters. The molecule has 1 amide bonds. The van der Waals surface area contributed by atoms with E-state index in [0.29, 0.717) is 11.1 Å².